The molecule has 0 unspecified atom stereocenters. The quantitative estimate of drug-likeness (QED) is 0.773. The van der Waals surface area contributed by atoms with E-state index in [1.165, 1.54) is 6.92 Å². The van der Waals surface area contributed by atoms with Gasteiger partial charge in [-0.15, -0.1) is 0 Å². The fraction of sp³-hybridized carbons (Fsp3) is 0.438. The number of nitrogens with one attached hydrogen (secondary N) is 2. The highest BCUT2D eigenvalue weighted by molar-refractivity contribution is 5.84. The van der Waals surface area contributed by atoms with Crippen molar-refractivity contribution in [3.63, 3.8) is 0 Å². The van der Waals surface area contributed by atoms with Gasteiger partial charge in [0.2, 0.25) is 5.91 Å². The lowest BCUT2D eigenvalue weighted by atomic mass is 10.0. The molecule has 3 N–H and O–H groups in total. The molecule has 1 atom stereocenters. The first kappa shape index (κ1) is 18.5. The molecule has 1 rings (SSSR count). The van der Waals surface area contributed by atoms with E-state index in [1.54, 1.807) is 45.0 Å². The molecule has 1 aromatic carbocycles. The van der Waals surface area contributed by atoms with Gasteiger partial charge in [-0.2, -0.15) is 0 Å². The van der Waals surface area contributed by atoms with Gasteiger partial charge in [0, 0.05) is 12.6 Å². The first-order chi connectivity index (χ1) is 10.6. The summed E-state index contributed by atoms with van der Waals surface area (Å²) in [6, 6.07) is 5.92. The predicted molar refractivity (Wildman–Crippen MR) is 85.1 cm³/mol. The lowest BCUT2D eigenvalue weighted by molar-refractivity contribution is -0.137. The molecule has 0 aliphatic carbocycles. The van der Waals surface area contributed by atoms with Crippen molar-refractivity contribution in [1.29, 1.82) is 0 Å². The molecule has 0 aliphatic rings. The Balaban J connectivity index is 2.78. The van der Waals surface area contributed by atoms with E-state index < -0.39 is 23.7 Å². The van der Waals surface area contributed by atoms with Crippen LogP contribution in [0, 0.1) is 0 Å². The summed E-state index contributed by atoms with van der Waals surface area (Å²) in [7, 11) is 0. The predicted octanol–water partition coefficient (Wildman–Crippen LogP) is 2.69. The minimum absolute atomic E-state index is 0.224. The monoisotopic (exact) mass is 322 g/mol. The van der Waals surface area contributed by atoms with Crippen LogP contribution >= 0.6 is 0 Å². The number of rotatable bonds is 5. The largest absolute Gasteiger partial charge is 0.481 e. The van der Waals surface area contributed by atoms with Gasteiger partial charge in [-0.1, -0.05) is 12.1 Å². The van der Waals surface area contributed by atoms with Crippen molar-refractivity contribution < 1.29 is 24.2 Å². The van der Waals surface area contributed by atoms with Crippen LogP contribution in [0.5, 0.6) is 0 Å². The summed E-state index contributed by atoms with van der Waals surface area (Å²) >= 11 is 0. The molecular weight excluding hydrogens is 300 g/mol. The van der Waals surface area contributed by atoms with Gasteiger partial charge in [0.15, 0.2) is 0 Å². The molecule has 2 amide bonds. The van der Waals surface area contributed by atoms with Crippen molar-refractivity contribution in [1.82, 2.24) is 5.32 Å². The van der Waals surface area contributed by atoms with Crippen LogP contribution in [0.3, 0.4) is 0 Å². The molecule has 126 valence electrons. The number of benzene rings is 1. The number of carbonyl (C=O) groups is 3. The first-order valence-electron chi connectivity index (χ1n) is 7.15. The molecule has 0 aromatic heterocycles. The Morgan fingerprint density at radius 3 is 2.17 bits per heavy atom. The number of carboxylic acid groups (broad SMARTS) is 1. The van der Waals surface area contributed by atoms with Crippen LogP contribution < -0.4 is 10.6 Å². The van der Waals surface area contributed by atoms with E-state index in [0.29, 0.717) is 11.3 Å². The van der Waals surface area contributed by atoms with Gasteiger partial charge < -0.3 is 15.2 Å². The highest BCUT2D eigenvalue weighted by Crippen LogP contribution is 2.20. The topological polar surface area (TPSA) is 105 Å². The zero-order valence-corrected chi connectivity index (χ0v) is 13.7. The minimum Gasteiger partial charge on any atom is -0.481 e. The third kappa shape index (κ3) is 7.30. The van der Waals surface area contributed by atoms with Crippen molar-refractivity contribution in [2.75, 3.05) is 5.32 Å². The van der Waals surface area contributed by atoms with Crippen LogP contribution in [0.2, 0.25) is 0 Å². The molecule has 0 aliphatic heterocycles. The SMILES string of the molecule is CC(=O)N[C@H](CC(=O)O)c1ccc(NC(=O)OC(C)(C)C)cc1. The number of anilines is 1. The number of carbonyl (C=O) groups excluding carboxylic acids is 2. The Bertz CT molecular complexity index is 559. The molecular formula is C16H22N2O5. The molecule has 0 fully saturated rings. The Hall–Kier alpha value is -2.57. The zero-order chi connectivity index (χ0) is 17.6. The fourth-order valence-corrected chi connectivity index (χ4v) is 1.89. The van der Waals surface area contributed by atoms with E-state index in [-0.39, 0.29) is 12.3 Å². The molecule has 0 saturated heterocycles. The molecule has 0 heterocycles. The summed E-state index contributed by atoms with van der Waals surface area (Å²) in [5.74, 6) is -1.33. The van der Waals surface area contributed by atoms with E-state index in [0.717, 1.165) is 0 Å². The number of hydrogen-bond donors (Lipinski definition) is 3. The van der Waals surface area contributed by atoms with Crippen LogP contribution in [0.15, 0.2) is 24.3 Å². The Kier molecular flexibility index (Phi) is 6.12. The summed E-state index contributed by atoms with van der Waals surface area (Å²) < 4.78 is 5.14. The number of amides is 2. The van der Waals surface area contributed by atoms with Gasteiger partial charge in [0.25, 0.3) is 0 Å². The molecule has 0 spiro atoms. The van der Waals surface area contributed by atoms with Gasteiger partial charge in [-0.25, -0.2) is 4.79 Å². The maximum absolute atomic E-state index is 11.7. The van der Waals surface area contributed by atoms with Gasteiger partial charge >= 0.3 is 12.1 Å². The average Bonchev–Trinajstić information content (AvgIpc) is 2.35. The normalized spacial score (nSPS) is 12.2. The van der Waals surface area contributed by atoms with E-state index in [2.05, 4.69) is 10.6 Å². The van der Waals surface area contributed by atoms with Gasteiger partial charge in [-0.05, 0) is 38.5 Å². The molecule has 23 heavy (non-hydrogen) atoms. The fourth-order valence-electron chi connectivity index (χ4n) is 1.89. The summed E-state index contributed by atoms with van der Waals surface area (Å²) in [5.41, 5.74) is 0.555. The summed E-state index contributed by atoms with van der Waals surface area (Å²) in [6.45, 7) is 6.62. The number of hydrogen-bond acceptors (Lipinski definition) is 4. The van der Waals surface area contributed by atoms with Crippen LogP contribution in [0.25, 0.3) is 0 Å². The van der Waals surface area contributed by atoms with Crippen molar-refractivity contribution in [2.45, 2.75) is 45.8 Å². The number of ether oxygens (including phenoxy) is 1. The standard InChI is InChI=1S/C16H22N2O5/c1-10(19)17-13(9-14(20)21)11-5-7-12(8-6-11)18-15(22)23-16(2,3)4/h5-8,13H,9H2,1-4H3,(H,17,19)(H,18,22)(H,20,21)/t13-/m1/s1. The maximum Gasteiger partial charge on any atom is 0.412 e. The third-order valence-corrected chi connectivity index (χ3v) is 2.71. The van der Waals surface area contributed by atoms with Crippen molar-refractivity contribution in [2.24, 2.45) is 0 Å². The van der Waals surface area contributed by atoms with E-state index in [1.807, 2.05) is 0 Å². The molecule has 0 bridgehead atoms. The summed E-state index contributed by atoms with van der Waals surface area (Å²) in [4.78, 5) is 33.7. The minimum atomic E-state index is -1.01. The highest BCUT2D eigenvalue weighted by Gasteiger charge is 2.18. The third-order valence-electron chi connectivity index (χ3n) is 2.71. The van der Waals surface area contributed by atoms with E-state index >= 15 is 0 Å². The Morgan fingerprint density at radius 2 is 1.74 bits per heavy atom. The van der Waals surface area contributed by atoms with Crippen molar-refractivity contribution in [3.05, 3.63) is 29.8 Å². The lowest BCUT2D eigenvalue weighted by Gasteiger charge is -2.20. The highest BCUT2D eigenvalue weighted by atomic mass is 16.6. The lowest BCUT2D eigenvalue weighted by Crippen LogP contribution is -2.28. The van der Waals surface area contributed by atoms with Crippen molar-refractivity contribution in [3.8, 4) is 0 Å². The average molecular weight is 322 g/mol. The van der Waals surface area contributed by atoms with Crippen LogP contribution in [-0.4, -0.2) is 28.7 Å². The number of aliphatic carboxylic acids is 1. The molecule has 7 heteroatoms. The summed E-state index contributed by atoms with van der Waals surface area (Å²) in [6.07, 6.45) is -0.799. The zero-order valence-electron chi connectivity index (χ0n) is 13.7. The first-order valence-corrected chi connectivity index (χ1v) is 7.15. The second-order valence-electron chi connectivity index (χ2n) is 6.10. The second kappa shape index (κ2) is 7.62. The van der Waals surface area contributed by atoms with Crippen LogP contribution in [0.4, 0.5) is 10.5 Å². The van der Waals surface area contributed by atoms with Crippen LogP contribution in [0.1, 0.15) is 45.7 Å². The molecule has 7 nitrogen and oxygen atoms in total. The number of carboxylic acids is 1. The smallest absolute Gasteiger partial charge is 0.412 e. The van der Waals surface area contributed by atoms with Gasteiger partial charge in [0.05, 0.1) is 12.5 Å². The van der Waals surface area contributed by atoms with Gasteiger partial charge in [-0.3, -0.25) is 14.9 Å². The van der Waals surface area contributed by atoms with Crippen molar-refractivity contribution >= 4 is 23.7 Å². The molecule has 0 saturated carbocycles. The maximum atomic E-state index is 11.7. The van der Waals surface area contributed by atoms with Crippen LogP contribution in [-0.2, 0) is 14.3 Å². The van der Waals surface area contributed by atoms with E-state index in [9.17, 15) is 14.4 Å². The van der Waals surface area contributed by atoms with E-state index in [4.69, 9.17) is 9.84 Å². The second-order valence-corrected chi connectivity index (χ2v) is 6.10. The summed E-state index contributed by atoms with van der Waals surface area (Å²) in [5, 5.41) is 14.1. The Morgan fingerprint density at radius 1 is 1.17 bits per heavy atom. The molecule has 1 aromatic rings. The van der Waals surface area contributed by atoms with Gasteiger partial charge in [0.1, 0.15) is 5.60 Å². The Labute approximate surface area is 135 Å². The molecule has 0 radical (unpaired) electrons.